The lowest BCUT2D eigenvalue weighted by Gasteiger charge is -2.13. The normalized spacial score (nSPS) is 10.3. The molecule has 0 bridgehead atoms. The van der Waals surface area contributed by atoms with Gasteiger partial charge < -0.3 is 14.6 Å². The molecule has 0 spiro atoms. The van der Waals surface area contributed by atoms with Gasteiger partial charge in [0.15, 0.2) is 0 Å². The van der Waals surface area contributed by atoms with Crippen molar-refractivity contribution in [2.24, 2.45) is 5.92 Å². The Morgan fingerprint density at radius 3 is 2.12 bits per heavy atom. The van der Waals surface area contributed by atoms with Crippen molar-refractivity contribution in [1.82, 2.24) is 0 Å². The van der Waals surface area contributed by atoms with Crippen LogP contribution >= 0.6 is 0 Å². The highest BCUT2D eigenvalue weighted by Gasteiger charge is 2.07. The lowest BCUT2D eigenvalue weighted by molar-refractivity contribution is -0.139. The zero-order valence-electron chi connectivity index (χ0n) is 20.6. The number of rotatable bonds is 12. The van der Waals surface area contributed by atoms with Gasteiger partial charge in [0, 0.05) is 19.1 Å². The Morgan fingerprint density at radius 1 is 1.06 bits per heavy atom. The van der Waals surface area contributed by atoms with E-state index in [1.807, 2.05) is 18.2 Å². The Kier molecular flexibility index (Phi) is 20.3. The van der Waals surface area contributed by atoms with E-state index in [0.29, 0.717) is 12.5 Å². The third-order valence-corrected chi connectivity index (χ3v) is 4.42. The molecule has 0 saturated heterocycles. The second-order valence-corrected chi connectivity index (χ2v) is 6.96. The Morgan fingerprint density at radius 2 is 1.71 bits per heavy atom. The van der Waals surface area contributed by atoms with Crippen molar-refractivity contribution in [3.63, 3.8) is 0 Å². The highest BCUT2D eigenvalue weighted by atomic mass is 16.5. The predicted octanol–water partition coefficient (Wildman–Crippen LogP) is 6.70. The number of carboxylic acid groups (broad SMARTS) is 1. The summed E-state index contributed by atoms with van der Waals surface area (Å²) in [4.78, 5) is 30.9. The van der Waals surface area contributed by atoms with Crippen LogP contribution in [0.3, 0.4) is 0 Å². The molecule has 1 aromatic rings. The number of carbonyl (C=O) groups excluding carboxylic acids is 2. The van der Waals surface area contributed by atoms with Gasteiger partial charge >= 0.3 is 17.9 Å². The third kappa shape index (κ3) is 17.0. The van der Waals surface area contributed by atoms with Crippen molar-refractivity contribution in [2.45, 2.75) is 46.5 Å². The zero-order valence-corrected chi connectivity index (χ0v) is 20.6. The van der Waals surface area contributed by atoms with Crippen LogP contribution in [0.2, 0.25) is 0 Å². The first-order valence-corrected chi connectivity index (χ1v) is 11.1. The summed E-state index contributed by atoms with van der Waals surface area (Å²) in [6.45, 7) is 20.1. The second-order valence-electron chi connectivity index (χ2n) is 6.96. The molecule has 1 rings (SSSR count). The van der Waals surface area contributed by atoms with E-state index in [0.717, 1.165) is 41.9 Å². The molecule has 0 amide bonds. The molecule has 6 heteroatoms. The maximum absolute atomic E-state index is 10.8. The Bertz CT molecular complexity index is 835. The summed E-state index contributed by atoms with van der Waals surface area (Å²) >= 11 is 0. The van der Waals surface area contributed by atoms with Crippen molar-refractivity contribution >= 4 is 36.1 Å². The van der Waals surface area contributed by atoms with E-state index in [-0.39, 0.29) is 11.9 Å². The third-order valence-electron chi connectivity index (χ3n) is 4.42. The van der Waals surface area contributed by atoms with Crippen LogP contribution in [0.5, 0.6) is 0 Å². The maximum Gasteiger partial charge on any atom is 0.330 e. The van der Waals surface area contributed by atoms with Crippen molar-refractivity contribution in [1.29, 1.82) is 0 Å². The van der Waals surface area contributed by atoms with E-state index in [2.05, 4.69) is 44.9 Å². The fourth-order valence-corrected chi connectivity index (χ4v) is 2.60. The van der Waals surface area contributed by atoms with Crippen LogP contribution in [-0.2, 0) is 23.9 Å². The minimum absolute atomic E-state index is 0.310. The van der Waals surface area contributed by atoms with Gasteiger partial charge in [-0.05, 0) is 35.1 Å². The van der Waals surface area contributed by atoms with Gasteiger partial charge in [-0.3, -0.25) is 4.79 Å². The largest absolute Gasteiger partial charge is 0.478 e. The zero-order chi connectivity index (χ0) is 26.4. The van der Waals surface area contributed by atoms with Gasteiger partial charge in [-0.25, -0.2) is 9.59 Å². The summed E-state index contributed by atoms with van der Waals surface area (Å²) < 4.78 is 9.15. The van der Waals surface area contributed by atoms with E-state index < -0.39 is 5.97 Å². The van der Waals surface area contributed by atoms with Crippen LogP contribution in [0.4, 0.5) is 0 Å². The van der Waals surface area contributed by atoms with E-state index in [1.165, 1.54) is 25.8 Å². The molecule has 0 fully saturated rings. The monoisotopic (exact) mass is 470 g/mol. The van der Waals surface area contributed by atoms with E-state index in [9.17, 15) is 14.4 Å². The average molecular weight is 471 g/mol. The second kappa shape index (κ2) is 21.2. The molecule has 0 aromatic heterocycles. The molecule has 0 saturated carbocycles. The van der Waals surface area contributed by atoms with Crippen LogP contribution < -0.4 is 0 Å². The molecule has 186 valence electrons. The molecule has 1 N–H and O–H groups in total. The van der Waals surface area contributed by atoms with Gasteiger partial charge in [0.05, 0.1) is 12.9 Å². The number of benzene rings is 1. The molecular weight excluding hydrogens is 432 g/mol. The summed E-state index contributed by atoms with van der Waals surface area (Å²) in [7, 11) is 0. The topological polar surface area (TPSA) is 89.9 Å². The standard InChI is InChI=1S/C13H12O2.C11H20O2.C4H6O2/c1-3-10-6-5-7-11(12(10)4-2)8-9-13(14)15;1-4-7-8-10(5-2)9-13-11(12)6-3;1-3-6-4(2)5/h3-9H,1-2H2,(H,14,15);6,10H,3-5,7-9H2,1-2H3;3H,1H2,2H3. The molecule has 1 atom stereocenters. The first-order chi connectivity index (χ1) is 16.2. The molecule has 6 nitrogen and oxygen atoms in total. The highest BCUT2D eigenvalue weighted by Crippen LogP contribution is 2.18. The van der Waals surface area contributed by atoms with Crippen LogP contribution in [0.25, 0.3) is 18.2 Å². The van der Waals surface area contributed by atoms with Crippen LogP contribution in [0.1, 0.15) is 63.1 Å². The number of esters is 2. The summed E-state index contributed by atoms with van der Waals surface area (Å²) in [5, 5.41) is 8.53. The van der Waals surface area contributed by atoms with Crippen molar-refractivity contribution < 1.29 is 29.0 Å². The smallest absolute Gasteiger partial charge is 0.330 e. The minimum atomic E-state index is -0.964. The maximum atomic E-state index is 10.8. The fraction of sp³-hybridized carbons (Fsp3) is 0.321. The number of hydrogen-bond acceptors (Lipinski definition) is 5. The Hall–Kier alpha value is -3.67. The SMILES string of the molecule is C=CC(=O)OCC(CC)CCCC.C=COC(C)=O.C=Cc1cccc(C=CC(=O)O)c1C=C. The number of hydrogen-bond donors (Lipinski definition) is 1. The molecule has 0 heterocycles. The molecule has 0 aliphatic rings. The lowest BCUT2D eigenvalue weighted by Crippen LogP contribution is -2.12. The molecule has 1 unspecified atom stereocenters. The van der Waals surface area contributed by atoms with Gasteiger partial charge in [-0.2, -0.15) is 0 Å². The Labute approximate surface area is 204 Å². The summed E-state index contributed by atoms with van der Waals surface area (Å²) in [6, 6.07) is 5.59. The van der Waals surface area contributed by atoms with Gasteiger partial charge in [0.1, 0.15) is 0 Å². The fourth-order valence-electron chi connectivity index (χ4n) is 2.60. The first-order valence-electron chi connectivity index (χ1n) is 11.1. The summed E-state index contributed by atoms with van der Waals surface area (Å²) in [6.07, 6.45) is 13.0. The number of carbonyl (C=O) groups is 3. The van der Waals surface area contributed by atoms with Gasteiger partial charge in [0.25, 0.3) is 0 Å². The van der Waals surface area contributed by atoms with Crippen LogP contribution in [-0.4, -0.2) is 29.6 Å². The molecule has 0 aliphatic carbocycles. The van der Waals surface area contributed by atoms with Gasteiger partial charge in [0.2, 0.25) is 0 Å². The summed E-state index contributed by atoms with van der Waals surface area (Å²) in [5.74, 6) is -1.09. The van der Waals surface area contributed by atoms with Crippen LogP contribution in [0, 0.1) is 5.92 Å². The molecule has 0 aliphatic heterocycles. The van der Waals surface area contributed by atoms with Crippen molar-refractivity contribution in [2.75, 3.05) is 6.61 Å². The van der Waals surface area contributed by atoms with Crippen LogP contribution in [0.15, 0.2) is 62.9 Å². The average Bonchev–Trinajstić information content (AvgIpc) is 2.82. The highest BCUT2D eigenvalue weighted by molar-refractivity contribution is 5.87. The molecule has 1 aromatic carbocycles. The number of ether oxygens (including phenoxy) is 2. The van der Waals surface area contributed by atoms with E-state index >= 15 is 0 Å². The van der Waals surface area contributed by atoms with Gasteiger partial charge in [-0.15, -0.1) is 0 Å². The minimum Gasteiger partial charge on any atom is -0.478 e. The molecule has 0 radical (unpaired) electrons. The molecular formula is C28H38O6. The van der Waals surface area contributed by atoms with Crippen molar-refractivity contribution in [3.8, 4) is 0 Å². The van der Waals surface area contributed by atoms with Gasteiger partial charge in [-0.1, -0.05) is 89.8 Å². The number of aliphatic carboxylic acids is 1. The quantitative estimate of drug-likeness (QED) is 0.208. The van der Waals surface area contributed by atoms with Crippen molar-refractivity contribution in [3.05, 3.63) is 79.6 Å². The number of unbranched alkanes of at least 4 members (excludes halogenated alkanes) is 1. The molecule has 34 heavy (non-hydrogen) atoms. The van der Waals surface area contributed by atoms with E-state index in [1.54, 1.807) is 18.2 Å². The predicted molar refractivity (Wildman–Crippen MR) is 140 cm³/mol. The van der Waals surface area contributed by atoms with E-state index in [4.69, 9.17) is 9.84 Å². The lowest BCUT2D eigenvalue weighted by atomic mass is 10.0. The Balaban J connectivity index is 0. The first kappa shape index (κ1) is 32.5. The summed E-state index contributed by atoms with van der Waals surface area (Å²) in [5.41, 5.74) is 2.66. The number of carboxylic acids is 1.